The highest BCUT2D eigenvalue weighted by Crippen LogP contribution is 2.34. The molecule has 0 N–H and O–H groups in total. The van der Waals surface area contributed by atoms with Gasteiger partial charge in [-0.3, -0.25) is 4.79 Å². The second-order valence-electron chi connectivity index (χ2n) is 6.27. The number of carbonyl (C=O) groups excluding carboxylic acids is 1. The van der Waals surface area contributed by atoms with E-state index in [9.17, 15) is 13.2 Å². The summed E-state index contributed by atoms with van der Waals surface area (Å²) >= 11 is 1.79. The molecule has 2 heterocycles. The number of furan rings is 1. The van der Waals surface area contributed by atoms with Crippen LogP contribution in [0.1, 0.15) is 27.8 Å². The molecule has 1 aromatic carbocycles. The van der Waals surface area contributed by atoms with Crippen molar-refractivity contribution >= 4 is 27.7 Å². The molecule has 0 spiro atoms. The monoisotopic (exact) mass is 394 g/mol. The molecule has 0 aliphatic carbocycles. The zero-order chi connectivity index (χ0) is 18.7. The number of carbonyl (C=O) groups is 1. The molecule has 0 saturated carbocycles. The van der Waals surface area contributed by atoms with Crippen molar-refractivity contribution in [1.82, 2.24) is 9.21 Å². The molecule has 0 radical (unpaired) electrons. The van der Waals surface area contributed by atoms with Crippen LogP contribution in [0.2, 0.25) is 0 Å². The van der Waals surface area contributed by atoms with Crippen molar-refractivity contribution in [2.75, 3.05) is 32.9 Å². The highest BCUT2D eigenvalue weighted by molar-refractivity contribution is 7.99. The van der Waals surface area contributed by atoms with Crippen LogP contribution in [0.4, 0.5) is 0 Å². The fraction of sp³-hybridized carbons (Fsp3) is 0.389. The quantitative estimate of drug-likeness (QED) is 0.797. The van der Waals surface area contributed by atoms with E-state index < -0.39 is 10.0 Å². The average Bonchev–Trinajstić information content (AvgIpc) is 3.06. The molecule has 0 bridgehead atoms. The molecule has 1 aromatic heterocycles. The third-order valence-electron chi connectivity index (χ3n) is 4.37. The minimum atomic E-state index is -3.49. The zero-order valence-corrected chi connectivity index (χ0v) is 16.4. The molecule has 1 fully saturated rings. The van der Waals surface area contributed by atoms with Crippen LogP contribution in [-0.4, -0.2) is 56.5 Å². The molecule has 140 valence electrons. The van der Waals surface area contributed by atoms with Crippen molar-refractivity contribution in [1.29, 1.82) is 0 Å². The van der Waals surface area contributed by atoms with Crippen molar-refractivity contribution in [3.63, 3.8) is 0 Å². The second-order valence-corrected chi connectivity index (χ2v) is 9.73. The third kappa shape index (κ3) is 3.97. The van der Waals surface area contributed by atoms with Crippen molar-refractivity contribution in [3.8, 4) is 0 Å². The van der Waals surface area contributed by atoms with Crippen molar-refractivity contribution in [2.45, 2.75) is 16.6 Å². The summed E-state index contributed by atoms with van der Waals surface area (Å²) in [5, 5.41) is 0.260. The number of hydrogen-bond acceptors (Lipinski definition) is 5. The highest BCUT2D eigenvalue weighted by Gasteiger charge is 2.25. The van der Waals surface area contributed by atoms with E-state index in [1.165, 1.54) is 26.2 Å². The van der Waals surface area contributed by atoms with Crippen LogP contribution < -0.4 is 0 Å². The van der Waals surface area contributed by atoms with Crippen molar-refractivity contribution < 1.29 is 17.6 Å². The standard InChI is InChI=1S/C18H22N2O4S2/c1-19(2)26(22,23)15-7-5-14(6-8-15)18(21)20-10-9-17(25-13-11-20)16-4-3-12-24-16/h3-8,12,17H,9-11,13H2,1-2H3/t17-/m0/s1. The molecule has 0 unspecified atom stereocenters. The van der Waals surface area contributed by atoms with Gasteiger partial charge < -0.3 is 9.32 Å². The summed E-state index contributed by atoms with van der Waals surface area (Å²) in [6.07, 6.45) is 2.50. The van der Waals surface area contributed by atoms with Gasteiger partial charge in [0.05, 0.1) is 16.4 Å². The predicted molar refractivity (Wildman–Crippen MR) is 102 cm³/mol. The number of hydrogen-bond donors (Lipinski definition) is 0. The summed E-state index contributed by atoms with van der Waals surface area (Å²) < 4.78 is 30.9. The number of sulfonamides is 1. The summed E-state index contributed by atoms with van der Waals surface area (Å²) in [4.78, 5) is 14.8. The molecule has 1 aliphatic heterocycles. The number of amides is 1. The smallest absolute Gasteiger partial charge is 0.253 e. The van der Waals surface area contributed by atoms with E-state index in [4.69, 9.17) is 4.42 Å². The lowest BCUT2D eigenvalue weighted by atomic mass is 10.2. The van der Waals surface area contributed by atoms with E-state index in [1.54, 1.807) is 30.2 Å². The van der Waals surface area contributed by atoms with E-state index in [2.05, 4.69) is 0 Å². The Morgan fingerprint density at radius 3 is 2.54 bits per heavy atom. The first kappa shape index (κ1) is 19.0. The summed E-state index contributed by atoms with van der Waals surface area (Å²) in [6.45, 7) is 1.31. The number of nitrogens with zero attached hydrogens (tertiary/aromatic N) is 2. The summed E-state index contributed by atoms with van der Waals surface area (Å²) in [7, 11) is -0.518. The van der Waals surface area contributed by atoms with Crippen LogP contribution in [0.15, 0.2) is 52.0 Å². The topological polar surface area (TPSA) is 70.8 Å². The van der Waals surface area contributed by atoms with Crippen LogP contribution in [-0.2, 0) is 10.0 Å². The van der Waals surface area contributed by atoms with E-state index in [1.807, 2.05) is 17.0 Å². The van der Waals surface area contributed by atoms with Gasteiger partial charge >= 0.3 is 0 Å². The molecule has 2 aromatic rings. The first-order valence-electron chi connectivity index (χ1n) is 8.36. The van der Waals surface area contributed by atoms with Gasteiger partial charge in [-0.15, -0.1) is 11.8 Å². The Kier molecular flexibility index (Phi) is 5.74. The van der Waals surface area contributed by atoms with Gasteiger partial charge in [0.1, 0.15) is 5.76 Å². The SMILES string of the molecule is CN(C)S(=O)(=O)c1ccc(C(=O)N2CCS[C@H](c3ccco3)CC2)cc1. The normalized spacial score (nSPS) is 18.7. The average molecular weight is 395 g/mol. The lowest BCUT2D eigenvalue weighted by Gasteiger charge is -2.20. The minimum absolute atomic E-state index is 0.0699. The molecule has 1 amide bonds. The maximum atomic E-state index is 12.8. The van der Waals surface area contributed by atoms with Crippen molar-refractivity contribution in [2.24, 2.45) is 0 Å². The van der Waals surface area contributed by atoms with Gasteiger partial charge in [-0.2, -0.15) is 0 Å². The summed E-state index contributed by atoms with van der Waals surface area (Å²) in [6, 6.07) is 10.00. The molecular formula is C18H22N2O4S2. The molecule has 8 heteroatoms. The lowest BCUT2D eigenvalue weighted by molar-refractivity contribution is 0.0766. The van der Waals surface area contributed by atoms with Gasteiger partial charge in [0.2, 0.25) is 10.0 Å². The van der Waals surface area contributed by atoms with Crippen LogP contribution in [0.25, 0.3) is 0 Å². The fourth-order valence-electron chi connectivity index (χ4n) is 2.84. The first-order valence-corrected chi connectivity index (χ1v) is 10.9. The van der Waals surface area contributed by atoms with Crippen molar-refractivity contribution in [3.05, 3.63) is 54.0 Å². The van der Waals surface area contributed by atoms with E-state index in [0.29, 0.717) is 18.7 Å². The highest BCUT2D eigenvalue weighted by atomic mass is 32.2. The van der Waals surface area contributed by atoms with Crippen LogP contribution in [0, 0.1) is 0 Å². The molecule has 1 atom stereocenters. The molecule has 3 rings (SSSR count). The summed E-state index contributed by atoms with van der Waals surface area (Å²) in [5.74, 6) is 1.71. The Hall–Kier alpha value is -1.77. The minimum Gasteiger partial charge on any atom is -0.468 e. The van der Waals surface area contributed by atoms with Gasteiger partial charge in [-0.1, -0.05) is 0 Å². The number of thioether (sulfide) groups is 1. The van der Waals surface area contributed by atoms with Gasteiger partial charge in [0.25, 0.3) is 5.91 Å². The van der Waals surface area contributed by atoms with Gasteiger partial charge in [0.15, 0.2) is 0 Å². The molecule has 26 heavy (non-hydrogen) atoms. The zero-order valence-electron chi connectivity index (χ0n) is 14.8. The predicted octanol–water partition coefficient (Wildman–Crippen LogP) is 2.85. The Labute approximate surface area is 158 Å². The van der Waals surface area contributed by atoms with Gasteiger partial charge in [-0.05, 0) is 42.8 Å². The Morgan fingerprint density at radius 1 is 1.19 bits per heavy atom. The van der Waals surface area contributed by atoms with Gasteiger partial charge in [0, 0.05) is 38.5 Å². The Bertz CT molecular complexity index is 846. The fourth-order valence-corrected chi connectivity index (χ4v) is 4.92. The Balaban J connectivity index is 1.69. The molecule has 1 saturated heterocycles. The molecule has 6 nitrogen and oxygen atoms in total. The van der Waals surface area contributed by atoms with Crippen LogP contribution in [0.3, 0.4) is 0 Å². The largest absolute Gasteiger partial charge is 0.468 e. The first-order chi connectivity index (χ1) is 12.4. The molecule has 1 aliphatic rings. The second kappa shape index (κ2) is 7.85. The number of rotatable bonds is 4. The lowest BCUT2D eigenvalue weighted by Crippen LogP contribution is -2.33. The van der Waals surface area contributed by atoms with Crippen LogP contribution >= 0.6 is 11.8 Å². The van der Waals surface area contributed by atoms with Gasteiger partial charge in [-0.25, -0.2) is 12.7 Å². The maximum absolute atomic E-state index is 12.8. The van der Waals surface area contributed by atoms with E-state index in [0.717, 1.165) is 22.2 Å². The Morgan fingerprint density at radius 2 is 1.92 bits per heavy atom. The third-order valence-corrected chi connectivity index (χ3v) is 7.49. The summed E-state index contributed by atoms with van der Waals surface area (Å²) in [5.41, 5.74) is 0.504. The maximum Gasteiger partial charge on any atom is 0.253 e. The molecular weight excluding hydrogens is 372 g/mol. The van der Waals surface area contributed by atoms with E-state index >= 15 is 0 Å². The number of benzene rings is 1. The van der Waals surface area contributed by atoms with E-state index in [-0.39, 0.29) is 16.1 Å². The van der Waals surface area contributed by atoms with Crippen LogP contribution in [0.5, 0.6) is 0 Å².